The molecule has 0 saturated heterocycles. The Bertz CT molecular complexity index is 558. The number of nitrogen functional groups attached to an aromatic ring is 1. The van der Waals surface area contributed by atoms with Crippen LogP contribution in [0.2, 0.25) is 0 Å². The molecule has 96 valence electrons. The smallest absolute Gasteiger partial charge is 0.149 e. The summed E-state index contributed by atoms with van der Waals surface area (Å²) in [7, 11) is 1.69. The van der Waals surface area contributed by atoms with Gasteiger partial charge in [-0.2, -0.15) is 0 Å². The Morgan fingerprint density at radius 3 is 2.56 bits per heavy atom. The lowest BCUT2D eigenvalue weighted by atomic mass is 9.98. The molecule has 0 spiro atoms. The molecule has 0 unspecified atom stereocenters. The molecule has 1 aromatic heterocycles. The first kappa shape index (κ1) is 12.5. The maximum Gasteiger partial charge on any atom is 0.149 e. The third-order valence-corrected chi connectivity index (χ3v) is 2.99. The van der Waals surface area contributed by atoms with Crippen molar-refractivity contribution in [2.75, 3.05) is 12.8 Å². The number of imidazole rings is 1. The number of ether oxygens (including phenoxy) is 1. The van der Waals surface area contributed by atoms with Crippen molar-refractivity contribution < 1.29 is 4.74 Å². The van der Waals surface area contributed by atoms with Crippen LogP contribution in [-0.4, -0.2) is 17.1 Å². The molecule has 0 amide bonds. The molecule has 0 fully saturated rings. The Morgan fingerprint density at radius 2 is 2.06 bits per heavy atom. The summed E-state index contributed by atoms with van der Waals surface area (Å²) in [5.41, 5.74) is 8.98. The molecule has 18 heavy (non-hydrogen) atoms. The minimum Gasteiger partial charge on any atom is -0.496 e. The summed E-state index contributed by atoms with van der Waals surface area (Å²) < 4.78 is 5.38. The zero-order chi connectivity index (χ0) is 13.3. The van der Waals surface area contributed by atoms with Gasteiger partial charge in [0.15, 0.2) is 0 Å². The molecule has 0 radical (unpaired) electrons. The number of methoxy groups -OCH3 is 1. The standard InChI is InChI=1S/C14H19N3O/c1-8(2)11-7-10(5-6-12(11)18-4)13-14(15)17-9(3)16-13/h5-8H,15H2,1-4H3,(H,16,17). The van der Waals surface area contributed by atoms with Gasteiger partial charge in [0.05, 0.1) is 12.8 Å². The summed E-state index contributed by atoms with van der Waals surface area (Å²) in [4.78, 5) is 7.38. The number of aromatic amines is 1. The molecule has 0 bridgehead atoms. The van der Waals surface area contributed by atoms with Crippen LogP contribution in [-0.2, 0) is 0 Å². The van der Waals surface area contributed by atoms with Gasteiger partial charge in [-0.25, -0.2) is 4.98 Å². The van der Waals surface area contributed by atoms with Gasteiger partial charge < -0.3 is 15.5 Å². The first-order valence-corrected chi connectivity index (χ1v) is 6.03. The van der Waals surface area contributed by atoms with E-state index in [-0.39, 0.29) is 0 Å². The monoisotopic (exact) mass is 245 g/mol. The first-order chi connectivity index (χ1) is 8.52. The highest BCUT2D eigenvalue weighted by molar-refractivity contribution is 5.72. The highest BCUT2D eigenvalue weighted by Gasteiger charge is 2.12. The third-order valence-electron chi connectivity index (χ3n) is 2.99. The molecule has 0 aliphatic rings. The van der Waals surface area contributed by atoms with Gasteiger partial charge in [0.2, 0.25) is 0 Å². The van der Waals surface area contributed by atoms with Crippen LogP contribution in [0.3, 0.4) is 0 Å². The second-order valence-electron chi connectivity index (χ2n) is 4.69. The van der Waals surface area contributed by atoms with E-state index in [1.807, 2.05) is 19.1 Å². The number of aryl methyl sites for hydroxylation is 1. The number of nitrogens with two attached hydrogens (primary N) is 1. The number of benzene rings is 1. The van der Waals surface area contributed by atoms with Crippen LogP contribution in [0, 0.1) is 6.92 Å². The van der Waals surface area contributed by atoms with Gasteiger partial charge in [-0.3, -0.25) is 0 Å². The topological polar surface area (TPSA) is 63.9 Å². The number of hydrogen-bond donors (Lipinski definition) is 2. The van der Waals surface area contributed by atoms with Crippen molar-refractivity contribution in [2.45, 2.75) is 26.7 Å². The Hall–Kier alpha value is -1.97. The van der Waals surface area contributed by atoms with E-state index in [4.69, 9.17) is 10.5 Å². The van der Waals surface area contributed by atoms with Gasteiger partial charge in [0.1, 0.15) is 17.4 Å². The fourth-order valence-corrected chi connectivity index (χ4v) is 2.07. The lowest BCUT2D eigenvalue weighted by Gasteiger charge is -2.13. The average Bonchev–Trinajstić information content (AvgIpc) is 2.67. The Labute approximate surface area is 107 Å². The number of anilines is 1. The normalized spacial score (nSPS) is 10.9. The van der Waals surface area contributed by atoms with Crippen LogP contribution in [0.25, 0.3) is 11.3 Å². The van der Waals surface area contributed by atoms with Crippen LogP contribution in [0.4, 0.5) is 5.82 Å². The van der Waals surface area contributed by atoms with E-state index >= 15 is 0 Å². The molecule has 4 nitrogen and oxygen atoms in total. The van der Waals surface area contributed by atoms with Crippen molar-refractivity contribution in [3.05, 3.63) is 29.6 Å². The van der Waals surface area contributed by atoms with E-state index in [1.165, 1.54) is 5.56 Å². The van der Waals surface area contributed by atoms with E-state index in [1.54, 1.807) is 7.11 Å². The average molecular weight is 245 g/mol. The predicted octanol–water partition coefficient (Wildman–Crippen LogP) is 3.10. The van der Waals surface area contributed by atoms with Gasteiger partial charge in [-0.05, 0) is 36.6 Å². The quantitative estimate of drug-likeness (QED) is 0.873. The van der Waals surface area contributed by atoms with Gasteiger partial charge in [-0.15, -0.1) is 0 Å². The minimum absolute atomic E-state index is 0.394. The molecular weight excluding hydrogens is 226 g/mol. The number of H-pyrrole nitrogens is 1. The Balaban J connectivity index is 2.53. The van der Waals surface area contributed by atoms with E-state index in [0.717, 1.165) is 22.8 Å². The van der Waals surface area contributed by atoms with E-state index in [0.29, 0.717) is 11.7 Å². The highest BCUT2D eigenvalue weighted by atomic mass is 16.5. The SMILES string of the molecule is COc1ccc(-c2[nH]c(C)nc2N)cc1C(C)C. The molecule has 2 aromatic rings. The lowest BCUT2D eigenvalue weighted by Crippen LogP contribution is -1.96. The largest absolute Gasteiger partial charge is 0.496 e. The van der Waals surface area contributed by atoms with Crippen molar-refractivity contribution in [2.24, 2.45) is 0 Å². The number of hydrogen-bond acceptors (Lipinski definition) is 3. The molecule has 1 aromatic carbocycles. The van der Waals surface area contributed by atoms with Crippen LogP contribution < -0.4 is 10.5 Å². The van der Waals surface area contributed by atoms with Crippen molar-refractivity contribution in [1.29, 1.82) is 0 Å². The molecule has 0 atom stereocenters. The first-order valence-electron chi connectivity index (χ1n) is 6.03. The Kier molecular flexibility index (Phi) is 3.28. The van der Waals surface area contributed by atoms with Crippen molar-refractivity contribution >= 4 is 5.82 Å². The third kappa shape index (κ3) is 2.18. The number of nitrogens with zero attached hydrogens (tertiary/aromatic N) is 1. The zero-order valence-electron chi connectivity index (χ0n) is 11.2. The van der Waals surface area contributed by atoms with Crippen LogP contribution in [0.1, 0.15) is 31.2 Å². The summed E-state index contributed by atoms with van der Waals surface area (Å²) in [6.07, 6.45) is 0. The lowest BCUT2D eigenvalue weighted by molar-refractivity contribution is 0.407. The summed E-state index contributed by atoms with van der Waals surface area (Å²) in [6.45, 7) is 6.18. The van der Waals surface area contributed by atoms with E-state index in [9.17, 15) is 0 Å². The molecule has 0 aliphatic carbocycles. The van der Waals surface area contributed by atoms with E-state index < -0.39 is 0 Å². The Morgan fingerprint density at radius 1 is 1.33 bits per heavy atom. The van der Waals surface area contributed by atoms with Crippen LogP contribution in [0.5, 0.6) is 5.75 Å². The fraction of sp³-hybridized carbons (Fsp3) is 0.357. The summed E-state index contributed by atoms with van der Waals surface area (Å²) >= 11 is 0. The van der Waals surface area contributed by atoms with Gasteiger partial charge >= 0.3 is 0 Å². The van der Waals surface area contributed by atoms with Crippen LogP contribution in [0.15, 0.2) is 18.2 Å². The van der Waals surface area contributed by atoms with Gasteiger partial charge in [0, 0.05) is 5.56 Å². The predicted molar refractivity (Wildman–Crippen MR) is 73.8 cm³/mol. The molecular formula is C14H19N3O. The van der Waals surface area contributed by atoms with Crippen molar-refractivity contribution in [1.82, 2.24) is 9.97 Å². The van der Waals surface area contributed by atoms with E-state index in [2.05, 4.69) is 29.9 Å². The molecule has 2 rings (SSSR count). The highest BCUT2D eigenvalue weighted by Crippen LogP contribution is 2.32. The second-order valence-corrected chi connectivity index (χ2v) is 4.69. The molecule has 0 aliphatic heterocycles. The van der Waals surface area contributed by atoms with Crippen LogP contribution >= 0.6 is 0 Å². The maximum absolute atomic E-state index is 5.90. The summed E-state index contributed by atoms with van der Waals surface area (Å²) in [5.74, 6) is 2.66. The number of nitrogens with one attached hydrogen (secondary N) is 1. The molecule has 0 saturated carbocycles. The second kappa shape index (κ2) is 4.72. The summed E-state index contributed by atoms with van der Waals surface area (Å²) in [6, 6.07) is 6.07. The van der Waals surface area contributed by atoms with Crippen molar-refractivity contribution in [3.8, 4) is 17.0 Å². The van der Waals surface area contributed by atoms with Gasteiger partial charge in [-0.1, -0.05) is 13.8 Å². The minimum atomic E-state index is 0.394. The molecule has 3 N–H and O–H groups in total. The number of rotatable bonds is 3. The maximum atomic E-state index is 5.90. The number of aromatic nitrogens is 2. The van der Waals surface area contributed by atoms with Gasteiger partial charge in [0.25, 0.3) is 0 Å². The molecule has 1 heterocycles. The fourth-order valence-electron chi connectivity index (χ4n) is 2.07. The summed E-state index contributed by atoms with van der Waals surface area (Å²) in [5, 5.41) is 0. The molecule has 4 heteroatoms. The zero-order valence-corrected chi connectivity index (χ0v) is 11.2. The van der Waals surface area contributed by atoms with Crippen molar-refractivity contribution in [3.63, 3.8) is 0 Å².